The molecule has 0 aromatic carbocycles. The highest BCUT2D eigenvalue weighted by Crippen LogP contribution is 2.06. The number of ether oxygens (including phenoxy) is 1. The Labute approximate surface area is 62.2 Å². The molecule has 56 valence electrons. The molecule has 0 aromatic heterocycles. The highest BCUT2D eigenvalue weighted by molar-refractivity contribution is 6.76. The summed E-state index contributed by atoms with van der Waals surface area (Å²) < 4.78 is 5.31. The first-order chi connectivity index (χ1) is 4.06. The molecule has 0 aromatic rings. The van der Waals surface area contributed by atoms with Crippen LogP contribution in [-0.4, -0.2) is 31.2 Å². The molecular weight excluding hydrogens is 144 g/mol. The third-order valence-electron chi connectivity index (χ3n) is 1.20. The average molecular weight is 162 g/mol. The fraction of sp³-hybridized carbons (Fsp3) is 1.00. The second-order valence-electron chi connectivity index (χ2n) is 3.51. The first-order valence-corrected chi connectivity index (χ1v) is 8.76. The summed E-state index contributed by atoms with van der Waals surface area (Å²) in [6, 6.07) is 1.31. The molecule has 1 nitrogen and oxygen atoms in total. The van der Waals surface area contributed by atoms with Crippen molar-refractivity contribution < 1.29 is 4.74 Å². The Kier molecular flexibility index (Phi) is 4.43. The molecule has 0 aliphatic rings. The van der Waals surface area contributed by atoms with Crippen LogP contribution >= 0.6 is 0 Å². The Balaban J connectivity index is 3.07. The van der Waals surface area contributed by atoms with Crippen molar-refractivity contribution in [1.29, 1.82) is 0 Å². The maximum Gasteiger partial charge on any atom is 0.0466 e. The molecular formula is C6H18OSi2. The minimum Gasteiger partial charge on any atom is -0.386 e. The Bertz CT molecular complexity index is 67.9. The van der Waals surface area contributed by atoms with Gasteiger partial charge in [-0.15, -0.1) is 0 Å². The summed E-state index contributed by atoms with van der Waals surface area (Å²) in [5, 5.41) is 0. The van der Waals surface area contributed by atoms with Gasteiger partial charge in [-0.3, -0.25) is 0 Å². The van der Waals surface area contributed by atoms with Gasteiger partial charge in [0.1, 0.15) is 0 Å². The summed E-state index contributed by atoms with van der Waals surface area (Å²) in [7, 11) is 0.379. The van der Waals surface area contributed by atoms with E-state index in [4.69, 9.17) is 4.74 Å². The Morgan fingerprint density at radius 2 is 1.89 bits per heavy atom. The largest absolute Gasteiger partial charge is 0.386 e. The zero-order chi connectivity index (χ0) is 7.33. The van der Waals surface area contributed by atoms with Crippen molar-refractivity contribution in [2.24, 2.45) is 0 Å². The summed E-state index contributed by atoms with van der Waals surface area (Å²) in [6.07, 6.45) is 1.00. The topological polar surface area (TPSA) is 9.23 Å². The summed E-state index contributed by atoms with van der Waals surface area (Å²) in [5.74, 6) is 0. The maximum absolute atomic E-state index is 5.31. The second-order valence-corrected chi connectivity index (χ2v) is 9.71. The third kappa shape index (κ3) is 8.39. The van der Waals surface area contributed by atoms with E-state index in [9.17, 15) is 0 Å². The smallest absolute Gasteiger partial charge is 0.0466 e. The van der Waals surface area contributed by atoms with Crippen molar-refractivity contribution in [3.63, 3.8) is 0 Å². The van der Waals surface area contributed by atoms with Gasteiger partial charge in [-0.2, -0.15) is 0 Å². The molecule has 0 aliphatic carbocycles. The molecule has 0 N–H and O–H groups in total. The first kappa shape index (κ1) is 9.39. The maximum atomic E-state index is 5.31. The second kappa shape index (κ2) is 4.25. The SMILES string of the molecule is C[Si](C)(C)CCOC[SiH3]. The molecule has 0 spiro atoms. The predicted molar refractivity (Wildman–Crippen MR) is 48.9 cm³/mol. The lowest BCUT2D eigenvalue weighted by Gasteiger charge is -2.14. The Morgan fingerprint density at radius 3 is 2.22 bits per heavy atom. The molecule has 0 unspecified atom stereocenters. The van der Waals surface area contributed by atoms with Crippen molar-refractivity contribution in [3.05, 3.63) is 0 Å². The van der Waals surface area contributed by atoms with Crippen molar-refractivity contribution in [3.8, 4) is 0 Å². The lowest BCUT2D eigenvalue weighted by Crippen LogP contribution is -2.21. The number of hydrogen-bond donors (Lipinski definition) is 0. The van der Waals surface area contributed by atoms with E-state index in [1.54, 1.807) is 0 Å². The van der Waals surface area contributed by atoms with Gasteiger partial charge >= 0.3 is 0 Å². The van der Waals surface area contributed by atoms with Gasteiger partial charge in [0.2, 0.25) is 0 Å². The van der Waals surface area contributed by atoms with Crippen LogP contribution in [0.15, 0.2) is 0 Å². The van der Waals surface area contributed by atoms with E-state index in [1.165, 1.54) is 16.3 Å². The fourth-order valence-electron chi connectivity index (χ4n) is 0.523. The van der Waals surface area contributed by atoms with Crippen LogP contribution < -0.4 is 0 Å². The fourth-order valence-corrected chi connectivity index (χ4v) is 1.57. The van der Waals surface area contributed by atoms with Gasteiger partial charge in [0.15, 0.2) is 0 Å². The van der Waals surface area contributed by atoms with Crippen LogP contribution in [0.25, 0.3) is 0 Å². The molecule has 0 radical (unpaired) electrons. The predicted octanol–water partition coefficient (Wildman–Crippen LogP) is 0.664. The molecule has 0 bridgehead atoms. The van der Waals surface area contributed by atoms with Crippen molar-refractivity contribution in [2.75, 3.05) is 12.8 Å². The molecule has 0 fully saturated rings. The van der Waals surface area contributed by atoms with Gasteiger partial charge in [-0.05, 0) is 6.04 Å². The normalized spacial score (nSPS) is 12.3. The lowest BCUT2D eigenvalue weighted by atomic mass is 10.9. The van der Waals surface area contributed by atoms with Crippen LogP contribution in [0.2, 0.25) is 25.7 Å². The quantitative estimate of drug-likeness (QED) is 0.436. The highest BCUT2D eigenvalue weighted by Gasteiger charge is 2.11. The van der Waals surface area contributed by atoms with Crippen LogP contribution in [0.4, 0.5) is 0 Å². The van der Waals surface area contributed by atoms with Crippen LogP contribution in [0.1, 0.15) is 0 Å². The summed E-state index contributed by atoms with van der Waals surface area (Å²) >= 11 is 0. The van der Waals surface area contributed by atoms with Crippen molar-refractivity contribution in [2.45, 2.75) is 25.7 Å². The molecule has 0 rings (SSSR count). The third-order valence-corrected chi connectivity index (χ3v) is 3.31. The minimum absolute atomic E-state index is 0.804. The van der Waals surface area contributed by atoms with Gasteiger partial charge < -0.3 is 4.74 Å². The van der Waals surface area contributed by atoms with Gasteiger partial charge in [0, 0.05) is 31.2 Å². The van der Waals surface area contributed by atoms with Crippen LogP contribution in [0, 0.1) is 0 Å². The first-order valence-electron chi connectivity index (χ1n) is 3.64. The minimum atomic E-state index is -0.804. The Morgan fingerprint density at radius 1 is 1.33 bits per heavy atom. The lowest BCUT2D eigenvalue weighted by molar-refractivity contribution is 0.194. The molecule has 0 atom stereocenters. The van der Waals surface area contributed by atoms with E-state index < -0.39 is 8.07 Å². The van der Waals surface area contributed by atoms with E-state index in [2.05, 4.69) is 19.6 Å². The van der Waals surface area contributed by atoms with Crippen LogP contribution in [0.5, 0.6) is 0 Å². The summed E-state index contributed by atoms with van der Waals surface area (Å²) in [5.41, 5.74) is 0. The van der Waals surface area contributed by atoms with Crippen LogP contribution in [0.3, 0.4) is 0 Å². The van der Waals surface area contributed by atoms with Gasteiger partial charge in [-0.25, -0.2) is 0 Å². The standard InChI is InChI=1S/C6H18OSi2/c1-9(2,3)5-4-7-6-8/h4-6H2,1-3,8H3. The van der Waals surface area contributed by atoms with E-state index in [-0.39, 0.29) is 0 Å². The highest BCUT2D eigenvalue weighted by atomic mass is 28.3. The molecule has 3 heteroatoms. The molecule has 0 heterocycles. The van der Waals surface area contributed by atoms with E-state index in [1.807, 2.05) is 0 Å². The van der Waals surface area contributed by atoms with Crippen LogP contribution in [-0.2, 0) is 4.74 Å². The number of hydrogen-bond acceptors (Lipinski definition) is 1. The van der Waals surface area contributed by atoms with Gasteiger partial charge in [0.05, 0.1) is 0 Å². The van der Waals surface area contributed by atoms with E-state index in [0.717, 1.165) is 12.8 Å². The molecule has 0 saturated carbocycles. The summed E-state index contributed by atoms with van der Waals surface area (Å²) in [6.45, 7) is 8.13. The van der Waals surface area contributed by atoms with E-state index in [0.29, 0.717) is 0 Å². The van der Waals surface area contributed by atoms with Gasteiger partial charge in [0.25, 0.3) is 0 Å². The monoisotopic (exact) mass is 162 g/mol. The zero-order valence-electron chi connectivity index (χ0n) is 7.03. The molecule has 0 saturated heterocycles. The summed E-state index contributed by atoms with van der Waals surface area (Å²) in [4.78, 5) is 0. The average Bonchev–Trinajstić information content (AvgIpc) is 1.63. The van der Waals surface area contributed by atoms with E-state index >= 15 is 0 Å². The zero-order valence-corrected chi connectivity index (χ0v) is 10.0. The Hall–Kier alpha value is 0.394. The number of rotatable bonds is 4. The molecule has 0 aliphatic heterocycles. The van der Waals surface area contributed by atoms with Crippen molar-refractivity contribution >= 4 is 18.3 Å². The van der Waals surface area contributed by atoms with Crippen molar-refractivity contribution in [1.82, 2.24) is 0 Å². The van der Waals surface area contributed by atoms with Gasteiger partial charge in [-0.1, -0.05) is 19.6 Å². The molecule has 9 heavy (non-hydrogen) atoms. The molecule has 0 amide bonds.